The number of amides is 1. The third-order valence-corrected chi connectivity index (χ3v) is 4.98. The molecule has 0 radical (unpaired) electrons. The zero-order chi connectivity index (χ0) is 21.0. The smallest absolute Gasteiger partial charge is 0.416 e. The lowest BCUT2D eigenvalue weighted by Gasteiger charge is -2.26. The molecule has 0 spiro atoms. The molecule has 0 saturated carbocycles. The zero-order valence-electron chi connectivity index (χ0n) is 16.3. The van der Waals surface area contributed by atoms with E-state index in [2.05, 4.69) is 5.32 Å². The summed E-state index contributed by atoms with van der Waals surface area (Å²) in [4.78, 5) is 14.5. The second-order valence-electron chi connectivity index (χ2n) is 6.86. The highest BCUT2D eigenvalue weighted by Crippen LogP contribution is 2.38. The van der Waals surface area contributed by atoms with Gasteiger partial charge in [0.15, 0.2) is 0 Å². The first-order chi connectivity index (χ1) is 13.8. The summed E-state index contributed by atoms with van der Waals surface area (Å²) in [6, 6.07) is 10.2. The van der Waals surface area contributed by atoms with Crippen molar-refractivity contribution in [2.75, 3.05) is 32.6 Å². The van der Waals surface area contributed by atoms with E-state index in [-0.39, 0.29) is 24.2 Å². The fourth-order valence-corrected chi connectivity index (χ4v) is 3.62. The molecule has 156 valence electrons. The van der Waals surface area contributed by atoms with Crippen molar-refractivity contribution in [3.05, 3.63) is 53.6 Å². The maximum absolute atomic E-state index is 12.9. The lowest BCUT2D eigenvalue weighted by Crippen LogP contribution is -2.33. The van der Waals surface area contributed by atoms with Crippen LogP contribution in [0.4, 0.5) is 18.9 Å². The van der Waals surface area contributed by atoms with E-state index in [1.54, 1.807) is 20.3 Å². The maximum atomic E-state index is 12.9. The van der Waals surface area contributed by atoms with Crippen LogP contribution in [0, 0.1) is 0 Å². The molecule has 1 amide bonds. The molecule has 8 heteroatoms. The first kappa shape index (κ1) is 21.0. The minimum absolute atomic E-state index is 0.0110. The predicted molar refractivity (Wildman–Crippen MR) is 103 cm³/mol. The van der Waals surface area contributed by atoms with E-state index < -0.39 is 11.7 Å². The first-order valence-corrected chi connectivity index (χ1v) is 9.25. The normalized spacial score (nSPS) is 17.2. The standard InChI is InChI=1S/C21H23F3N2O3/c1-28-16-8-9-17(19(12-16)29-2)18-7-4-10-26(18)13-20(27)25-15-6-3-5-14(11-15)21(22,23)24/h3,5-6,8-9,11-12,18H,4,7,10,13H2,1-2H3,(H,25,27)/t18-/m1/s1. The number of rotatable bonds is 6. The number of benzene rings is 2. The molecule has 1 aliphatic rings. The van der Waals surface area contributed by atoms with Crippen LogP contribution < -0.4 is 14.8 Å². The fourth-order valence-electron chi connectivity index (χ4n) is 3.62. The molecule has 0 bridgehead atoms. The van der Waals surface area contributed by atoms with Gasteiger partial charge >= 0.3 is 6.18 Å². The van der Waals surface area contributed by atoms with Crippen LogP contribution in [-0.4, -0.2) is 38.1 Å². The van der Waals surface area contributed by atoms with Gasteiger partial charge in [-0.3, -0.25) is 9.69 Å². The molecule has 1 saturated heterocycles. The van der Waals surface area contributed by atoms with Gasteiger partial charge in [0.25, 0.3) is 0 Å². The van der Waals surface area contributed by atoms with Gasteiger partial charge in [0, 0.05) is 23.4 Å². The molecule has 1 N–H and O–H groups in total. The van der Waals surface area contributed by atoms with Crippen molar-refractivity contribution in [2.45, 2.75) is 25.1 Å². The Bertz CT molecular complexity index is 870. The highest BCUT2D eigenvalue weighted by atomic mass is 19.4. The number of carbonyl (C=O) groups is 1. The van der Waals surface area contributed by atoms with Crippen LogP contribution in [-0.2, 0) is 11.0 Å². The van der Waals surface area contributed by atoms with Gasteiger partial charge in [0.1, 0.15) is 11.5 Å². The average molecular weight is 408 g/mol. The molecule has 2 aromatic rings. The van der Waals surface area contributed by atoms with Crippen LogP contribution in [0.1, 0.15) is 30.0 Å². The van der Waals surface area contributed by atoms with E-state index in [0.29, 0.717) is 11.5 Å². The molecular weight excluding hydrogens is 385 g/mol. The van der Waals surface area contributed by atoms with E-state index >= 15 is 0 Å². The largest absolute Gasteiger partial charge is 0.497 e. The van der Waals surface area contributed by atoms with Crippen LogP contribution in [0.3, 0.4) is 0 Å². The van der Waals surface area contributed by atoms with Crippen LogP contribution in [0.2, 0.25) is 0 Å². The molecule has 0 unspecified atom stereocenters. The van der Waals surface area contributed by atoms with Crippen molar-refractivity contribution < 1.29 is 27.4 Å². The number of alkyl halides is 3. The third kappa shape index (κ3) is 5.00. The minimum atomic E-state index is -4.45. The Morgan fingerprint density at radius 3 is 2.66 bits per heavy atom. The second kappa shape index (κ2) is 8.73. The van der Waals surface area contributed by atoms with Gasteiger partial charge in [0.05, 0.1) is 26.3 Å². The number of hydrogen-bond donors (Lipinski definition) is 1. The molecule has 1 aliphatic heterocycles. The maximum Gasteiger partial charge on any atom is 0.416 e. The summed E-state index contributed by atoms with van der Waals surface area (Å²) in [5.41, 5.74) is 0.289. The quantitative estimate of drug-likeness (QED) is 0.765. The summed E-state index contributed by atoms with van der Waals surface area (Å²) in [6.45, 7) is 0.798. The molecule has 1 atom stereocenters. The fraction of sp³-hybridized carbons (Fsp3) is 0.381. The van der Waals surface area contributed by atoms with Crippen LogP contribution in [0.25, 0.3) is 0 Å². The first-order valence-electron chi connectivity index (χ1n) is 9.25. The summed E-state index contributed by atoms with van der Waals surface area (Å²) in [5, 5.41) is 2.57. The van der Waals surface area contributed by atoms with E-state index in [1.165, 1.54) is 12.1 Å². The monoisotopic (exact) mass is 408 g/mol. The number of methoxy groups -OCH3 is 2. The van der Waals surface area contributed by atoms with Crippen molar-refractivity contribution in [1.29, 1.82) is 0 Å². The van der Waals surface area contributed by atoms with Crippen molar-refractivity contribution in [1.82, 2.24) is 4.90 Å². The number of likely N-dealkylation sites (tertiary alicyclic amines) is 1. The van der Waals surface area contributed by atoms with Crippen molar-refractivity contribution in [3.8, 4) is 11.5 Å². The topological polar surface area (TPSA) is 50.8 Å². The van der Waals surface area contributed by atoms with Gasteiger partial charge in [0.2, 0.25) is 5.91 Å². The Hall–Kier alpha value is -2.74. The van der Waals surface area contributed by atoms with Crippen LogP contribution in [0.5, 0.6) is 11.5 Å². The zero-order valence-corrected chi connectivity index (χ0v) is 16.3. The number of nitrogens with zero attached hydrogens (tertiary/aromatic N) is 1. The Kier molecular flexibility index (Phi) is 6.32. The second-order valence-corrected chi connectivity index (χ2v) is 6.86. The van der Waals surface area contributed by atoms with Gasteiger partial charge in [-0.1, -0.05) is 12.1 Å². The van der Waals surface area contributed by atoms with Gasteiger partial charge in [-0.05, 0) is 43.7 Å². The van der Waals surface area contributed by atoms with Gasteiger partial charge in [-0.25, -0.2) is 0 Å². The molecular formula is C21H23F3N2O3. The summed E-state index contributed by atoms with van der Waals surface area (Å²) >= 11 is 0. The van der Waals surface area contributed by atoms with E-state index in [0.717, 1.165) is 37.1 Å². The molecule has 29 heavy (non-hydrogen) atoms. The van der Waals surface area contributed by atoms with Crippen molar-refractivity contribution in [2.24, 2.45) is 0 Å². The highest BCUT2D eigenvalue weighted by Gasteiger charge is 2.31. The number of carbonyl (C=O) groups excluding carboxylic acids is 1. The third-order valence-electron chi connectivity index (χ3n) is 4.98. The Labute approximate surface area is 167 Å². The molecule has 1 fully saturated rings. The summed E-state index contributed by atoms with van der Waals surface area (Å²) in [6.07, 6.45) is -2.68. The molecule has 0 aliphatic carbocycles. The number of anilines is 1. The number of ether oxygens (including phenoxy) is 2. The number of nitrogens with one attached hydrogen (secondary N) is 1. The number of hydrogen-bond acceptors (Lipinski definition) is 4. The average Bonchev–Trinajstić information content (AvgIpc) is 3.14. The molecule has 3 rings (SSSR count). The lowest BCUT2D eigenvalue weighted by molar-refractivity contribution is -0.137. The Morgan fingerprint density at radius 2 is 1.97 bits per heavy atom. The SMILES string of the molecule is COc1ccc([C@H]2CCCN2CC(=O)Nc2cccc(C(F)(F)F)c2)c(OC)c1. The summed E-state index contributed by atoms with van der Waals surface area (Å²) in [7, 11) is 3.16. The van der Waals surface area contributed by atoms with E-state index in [1.807, 2.05) is 17.0 Å². The van der Waals surface area contributed by atoms with Crippen molar-refractivity contribution in [3.63, 3.8) is 0 Å². The lowest BCUT2D eigenvalue weighted by atomic mass is 10.0. The Balaban J connectivity index is 1.71. The summed E-state index contributed by atoms with van der Waals surface area (Å²) < 4.78 is 49.3. The molecule has 2 aromatic carbocycles. The molecule has 1 heterocycles. The van der Waals surface area contributed by atoms with Crippen LogP contribution in [0.15, 0.2) is 42.5 Å². The minimum Gasteiger partial charge on any atom is -0.497 e. The van der Waals surface area contributed by atoms with E-state index in [9.17, 15) is 18.0 Å². The molecule has 0 aromatic heterocycles. The number of halogens is 3. The van der Waals surface area contributed by atoms with E-state index in [4.69, 9.17) is 9.47 Å². The van der Waals surface area contributed by atoms with Gasteiger partial charge < -0.3 is 14.8 Å². The summed E-state index contributed by atoms with van der Waals surface area (Å²) in [5.74, 6) is 1.00. The highest BCUT2D eigenvalue weighted by molar-refractivity contribution is 5.92. The Morgan fingerprint density at radius 1 is 1.17 bits per heavy atom. The van der Waals surface area contributed by atoms with Crippen molar-refractivity contribution >= 4 is 11.6 Å². The van der Waals surface area contributed by atoms with Gasteiger partial charge in [-0.2, -0.15) is 13.2 Å². The molecule has 5 nitrogen and oxygen atoms in total. The van der Waals surface area contributed by atoms with Crippen LogP contribution >= 0.6 is 0 Å². The predicted octanol–water partition coefficient (Wildman–Crippen LogP) is 4.50. The van der Waals surface area contributed by atoms with Gasteiger partial charge in [-0.15, -0.1) is 0 Å².